The van der Waals surface area contributed by atoms with E-state index in [-0.39, 0.29) is 0 Å². The Kier molecular flexibility index (Phi) is 3.16. The van der Waals surface area contributed by atoms with Crippen molar-refractivity contribution in [1.82, 2.24) is 4.90 Å². The molecule has 1 fully saturated rings. The lowest BCUT2D eigenvalue weighted by Gasteiger charge is -2.14. The van der Waals surface area contributed by atoms with Gasteiger partial charge in [-0.3, -0.25) is 4.79 Å². The van der Waals surface area contributed by atoms with E-state index < -0.39 is 0 Å². The molecule has 1 aliphatic rings. The molecule has 0 aromatic carbocycles. The average Bonchev–Trinajstić information content (AvgIpc) is 2.31. The molecule has 2 nitrogen and oxygen atoms in total. The minimum Gasteiger partial charge on any atom is -0.342 e. The molecule has 1 amide bonds. The Morgan fingerprint density at radius 3 is 3.00 bits per heavy atom. The Hall–Kier alpha value is -0.970. The van der Waals surface area contributed by atoms with E-state index in [0.717, 1.165) is 32.4 Å². The second kappa shape index (κ2) is 4.15. The topological polar surface area (TPSA) is 20.3 Å². The van der Waals surface area contributed by atoms with E-state index in [0.29, 0.717) is 11.8 Å². The van der Waals surface area contributed by atoms with Crippen molar-refractivity contribution in [2.45, 2.75) is 26.2 Å². The molecule has 0 radical (unpaired) electrons. The zero-order chi connectivity index (χ0) is 8.97. The summed E-state index contributed by atoms with van der Waals surface area (Å²) in [5.74, 6) is 3.40. The summed E-state index contributed by atoms with van der Waals surface area (Å²) >= 11 is 0. The molecule has 0 aromatic rings. The number of carbonyl (C=O) groups is 1. The van der Waals surface area contributed by atoms with E-state index in [9.17, 15) is 4.79 Å². The van der Waals surface area contributed by atoms with Gasteiger partial charge in [0.15, 0.2) is 0 Å². The maximum absolute atomic E-state index is 11.3. The number of rotatable bonds is 3. The van der Waals surface area contributed by atoms with Crippen LogP contribution in [0.15, 0.2) is 0 Å². The maximum atomic E-state index is 11.3. The molecule has 66 valence electrons. The summed E-state index contributed by atoms with van der Waals surface area (Å²) in [6.07, 6.45) is 7.56. The van der Waals surface area contributed by atoms with Gasteiger partial charge in [0, 0.05) is 25.9 Å². The van der Waals surface area contributed by atoms with Gasteiger partial charge in [0.2, 0.25) is 5.91 Å². The highest BCUT2D eigenvalue weighted by Gasteiger charge is 2.25. The molecule has 1 atom stereocenters. The summed E-state index contributed by atoms with van der Waals surface area (Å²) in [6.45, 7) is 3.87. The summed E-state index contributed by atoms with van der Waals surface area (Å²) in [6, 6.07) is 0. The van der Waals surface area contributed by atoms with Gasteiger partial charge in [-0.15, -0.1) is 12.3 Å². The van der Waals surface area contributed by atoms with E-state index in [4.69, 9.17) is 6.42 Å². The van der Waals surface area contributed by atoms with Crippen LogP contribution in [0.25, 0.3) is 0 Å². The molecule has 1 unspecified atom stereocenters. The Morgan fingerprint density at radius 1 is 1.75 bits per heavy atom. The minimum absolute atomic E-state index is 0.291. The molecule has 0 N–H and O–H groups in total. The van der Waals surface area contributed by atoms with Crippen molar-refractivity contribution in [3.05, 3.63) is 0 Å². The van der Waals surface area contributed by atoms with Crippen LogP contribution < -0.4 is 0 Å². The molecule has 2 heteroatoms. The fraction of sp³-hybridized carbons (Fsp3) is 0.700. The highest BCUT2D eigenvalue weighted by Crippen LogP contribution is 2.16. The maximum Gasteiger partial charge on any atom is 0.222 e. The predicted octanol–water partition coefficient (Wildman–Crippen LogP) is 1.27. The van der Waals surface area contributed by atoms with Crippen LogP contribution in [0.5, 0.6) is 0 Å². The van der Waals surface area contributed by atoms with Gasteiger partial charge < -0.3 is 4.90 Å². The third kappa shape index (κ3) is 2.27. The van der Waals surface area contributed by atoms with Gasteiger partial charge in [0.1, 0.15) is 0 Å². The molecule has 1 saturated heterocycles. The molecule has 1 heterocycles. The SMILES string of the molecule is C#CCCCN1CC(C)CC1=O. The van der Waals surface area contributed by atoms with Crippen LogP contribution in [-0.4, -0.2) is 23.9 Å². The highest BCUT2D eigenvalue weighted by molar-refractivity contribution is 5.78. The quantitative estimate of drug-likeness (QED) is 0.455. The Morgan fingerprint density at radius 2 is 2.50 bits per heavy atom. The monoisotopic (exact) mass is 165 g/mol. The first-order chi connectivity index (χ1) is 5.74. The van der Waals surface area contributed by atoms with Crippen molar-refractivity contribution >= 4 is 5.91 Å². The fourth-order valence-corrected chi connectivity index (χ4v) is 1.56. The molecule has 0 aromatic heterocycles. The minimum atomic E-state index is 0.291. The summed E-state index contributed by atoms with van der Waals surface area (Å²) in [5.41, 5.74) is 0. The number of likely N-dealkylation sites (tertiary alicyclic amines) is 1. The zero-order valence-electron chi connectivity index (χ0n) is 7.55. The van der Waals surface area contributed by atoms with Crippen LogP contribution in [0.3, 0.4) is 0 Å². The third-order valence-electron chi connectivity index (χ3n) is 2.16. The number of carbonyl (C=O) groups excluding carboxylic acids is 1. The lowest BCUT2D eigenvalue weighted by molar-refractivity contribution is -0.127. The Bertz CT molecular complexity index is 204. The van der Waals surface area contributed by atoms with Gasteiger partial charge >= 0.3 is 0 Å². The van der Waals surface area contributed by atoms with Crippen molar-refractivity contribution in [2.75, 3.05) is 13.1 Å². The van der Waals surface area contributed by atoms with Gasteiger partial charge in [-0.2, -0.15) is 0 Å². The second-order valence-corrected chi connectivity index (χ2v) is 3.46. The smallest absolute Gasteiger partial charge is 0.222 e. The Labute approximate surface area is 73.9 Å². The summed E-state index contributed by atoms with van der Waals surface area (Å²) in [5, 5.41) is 0. The van der Waals surface area contributed by atoms with Gasteiger partial charge in [-0.05, 0) is 12.3 Å². The molecule has 12 heavy (non-hydrogen) atoms. The molecular formula is C10H15NO. The van der Waals surface area contributed by atoms with Crippen molar-refractivity contribution in [2.24, 2.45) is 5.92 Å². The van der Waals surface area contributed by atoms with Crippen molar-refractivity contribution < 1.29 is 4.79 Å². The molecule has 0 bridgehead atoms. The van der Waals surface area contributed by atoms with Crippen molar-refractivity contribution in [3.63, 3.8) is 0 Å². The summed E-state index contributed by atoms with van der Waals surface area (Å²) in [4.78, 5) is 13.2. The van der Waals surface area contributed by atoms with Gasteiger partial charge in [-0.1, -0.05) is 6.92 Å². The number of terminal acetylenes is 1. The van der Waals surface area contributed by atoms with E-state index in [1.165, 1.54) is 0 Å². The van der Waals surface area contributed by atoms with Gasteiger partial charge in [0.25, 0.3) is 0 Å². The lowest BCUT2D eigenvalue weighted by atomic mass is 10.2. The third-order valence-corrected chi connectivity index (χ3v) is 2.16. The predicted molar refractivity (Wildman–Crippen MR) is 48.4 cm³/mol. The summed E-state index contributed by atoms with van der Waals surface area (Å²) in [7, 11) is 0. The Balaban J connectivity index is 2.25. The van der Waals surface area contributed by atoms with Crippen LogP contribution in [-0.2, 0) is 4.79 Å². The number of hydrogen-bond acceptors (Lipinski definition) is 1. The van der Waals surface area contributed by atoms with Crippen molar-refractivity contribution in [3.8, 4) is 12.3 Å². The second-order valence-electron chi connectivity index (χ2n) is 3.46. The number of hydrogen-bond donors (Lipinski definition) is 0. The van der Waals surface area contributed by atoms with E-state index >= 15 is 0 Å². The molecule has 1 rings (SSSR count). The van der Waals surface area contributed by atoms with E-state index in [1.807, 2.05) is 4.90 Å². The van der Waals surface area contributed by atoms with Crippen LogP contribution in [0.4, 0.5) is 0 Å². The van der Waals surface area contributed by atoms with E-state index in [2.05, 4.69) is 12.8 Å². The van der Waals surface area contributed by atoms with Crippen LogP contribution in [0.2, 0.25) is 0 Å². The first-order valence-electron chi connectivity index (χ1n) is 4.45. The molecule has 0 saturated carbocycles. The average molecular weight is 165 g/mol. The zero-order valence-corrected chi connectivity index (χ0v) is 7.55. The van der Waals surface area contributed by atoms with Crippen LogP contribution in [0, 0.1) is 18.3 Å². The first-order valence-corrected chi connectivity index (χ1v) is 4.45. The number of unbranched alkanes of at least 4 members (excludes halogenated alkanes) is 1. The normalized spacial score (nSPS) is 22.8. The molecule has 0 aliphatic carbocycles. The molecular weight excluding hydrogens is 150 g/mol. The van der Waals surface area contributed by atoms with Gasteiger partial charge in [0.05, 0.1) is 0 Å². The highest BCUT2D eigenvalue weighted by atomic mass is 16.2. The van der Waals surface area contributed by atoms with Crippen LogP contribution in [0.1, 0.15) is 26.2 Å². The lowest BCUT2D eigenvalue weighted by Crippen LogP contribution is -2.25. The number of nitrogens with zero attached hydrogens (tertiary/aromatic N) is 1. The molecule has 0 spiro atoms. The largest absolute Gasteiger partial charge is 0.342 e. The number of amides is 1. The first kappa shape index (κ1) is 9.12. The standard InChI is InChI=1S/C10H15NO/c1-3-4-5-6-11-8-9(2)7-10(11)12/h1,9H,4-8H2,2H3. The summed E-state index contributed by atoms with van der Waals surface area (Å²) < 4.78 is 0. The van der Waals surface area contributed by atoms with Gasteiger partial charge in [-0.25, -0.2) is 0 Å². The fourth-order valence-electron chi connectivity index (χ4n) is 1.56. The van der Waals surface area contributed by atoms with Crippen molar-refractivity contribution in [1.29, 1.82) is 0 Å². The van der Waals surface area contributed by atoms with Crippen LogP contribution >= 0.6 is 0 Å². The van der Waals surface area contributed by atoms with E-state index in [1.54, 1.807) is 0 Å². The molecule has 1 aliphatic heterocycles.